The van der Waals surface area contributed by atoms with Crippen molar-refractivity contribution in [2.75, 3.05) is 26.1 Å². The largest absolute Gasteiger partial charge is 0.444 e. The number of ether oxygens (including phenoxy) is 1. The Kier molecular flexibility index (Phi) is 8.04. The monoisotopic (exact) mass is 442 g/mol. The molecule has 1 amide bonds. The smallest absolute Gasteiger partial charge is 0.407 e. The van der Waals surface area contributed by atoms with Gasteiger partial charge < -0.3 is 15.0 Å². The van der Waals surface area contributed by atoms with Crippen molar-refractivity contribution >= 4 is 27.7 Å². The normalized spacial score (nSPS) is 23.1. The molecule has 0 aliphatic heterocycles. The Balaban J connectivity index is 2.18. The van der Waals surface area contributed by atoms with Crippen molar-refractivity contribution < 1.29 is 17.9 Å². The van der Waals surface area contributed by atoms with Crippen LogP contribution in [-0.4, -0.2) is 63.2 Å². The zero-order valence-corrected chi connectivity index (χ0v) is 19.9. The van der Waals surface area contributed by atoms with Crippen molar-refractivity contribution in [3.8, 4) is 0 Å². The number of hydrogen-bond donors (Lipinski definition) is 1. The van der Waals surface area contributed by atoms with E-state index in [-0.39, 0.29) is 17.7 Å². The highest BCUT2D eigenvalue weighted by molar-refractivity contribution is 7.98. The topological polar surface area (TPSA) is 75.7 Å². The molecule has 0 unspecified atom stereocenters. The second-order valence-corrected chi connectivity index (χ2v) is 11.8. The molecule has 1 fully saturated rings. The first-order valence-electron chi connectivity index (χ1n) is 9.94. The summed E-state index contributed by atoms with van der Waals surface area (Å²) in [4.78, 5) is 15.8. The van der Waals surface area contributed by atoms with Gasteiger partial charge in [0.25, 0.3) is 0 Å². The molecule has 29 heavy (non-hydrogen) atoms. The second kappa shape index (κ2) is 9.71. The lowest BCUT2D eigenvalue weighted by Crippen LogP contribution is -2.50. The van der Waals surface area contributed by atoms with E-state index in [2.05, 4.69) is 10.2 Å². The van der Waals surface area contributed by atoms with Gasteiger partial charge in [-0.1, -0.05) is 0 Å². The van der Waals surface area contributed by atoms with Gasteiger partial charge in [-0.3, -0.25) is 0 Å². The molecule has 1 aliphatic rings. The van der Waals surface area contributed by atoms with Gasteiger partial charge >= 0.3 is 6.09 Å². The fourth-order valence-corrected chi connectivity index (χ4v) is 5.79. The number of alkyl carbamates (subject to hydrolysis) is 1. The Morgan fingerprint density at radius 1 is 1.21 bits per heavy atom. The molecule has 2 rings (SSSR count). The summed E-state index contributed by atoms with van der Waals surface area (Å²) in [6.07, 6.45) is 3.83. The van der Waals surface area contributed by atoms with Crippen LogP contribution in [0, 0.1) is 5.92 Å². The molecule has 0 bridgehead atoms. The first-order chi connectivity index (χ1) is 13.4. The Hall–Kier alpha value is -1.25. The number of carbonyl (C=O) groups excluding carboxylic acids is 1. The molecule has 0 aromatic heterocycles. The lowest BCUT2D eigenvalue weighted by molar-refractivity contribution is 0.0454. The second-order valence-electron chi connectivity index (χ2n) is 8.90. The van der Waals surface area contributed by atoms with Gasteiger partial charge in [0, 0.05) is 17.0 Å². The van der Waals surface area contributed by atoms with Crippen LogP contribution in [-0.2, 0) is 14.6 Å². The van der Waals surface area contributed by atoms with Gasteiger partial charge in [0.1, 0.15) is 5.60 Å². The Labute approximate surface area is 179 Å². The molecule has 164 valence electrons. The standard InChI is InChI=1S/C21H34N2O4S2/c1-21(2,3)27-20(24)22-19-12-7-16(23(4)5)13-15(19)14-29(25,26)18-10-8-17(28-6)9-11-18/h8-11,15-16,19H,7,12-14H2,1-6H3,(H,22,24)/t15-,16+,19+/m1/s1. The highest BCUT2D eigenvalue weighted by Gasteiger charge is 2.36. The molecular weight excluding hydrogens is 408 g/mol. The van der Waals surface area contributed by atoms with E-state index >= 15 is 0 Å². The highest BCUT2D eigenvalue weighted by Crippen LogP contribution is 2.31. The van der Waals surface area contributed by atoms with Crippen molar-refractivity contribution in [1.29, 1.82) is 0 Å². The summed E-state index contributed by atoms with van der Waals surface area (Å²) < 4.78 is 31.5. The molecule has 1 aliphatic carbocycles. The summed E-state index contributed by atoms with van der Waals surface area (Å²) in [5, 5.41) is 2.93. The average molecular weight is 443 g/mol. The van der Waals surface area contributed by atoms with Gasteiger partial charge in [-0.15, -0.1) is 11.8 Å². The molecule has 0 saturated heterocycles. The summed E-state index contributed by atoms with van der Waals surface area (Å²) in [5.41, 5.74) is -0.592. The summed E-state index contributed by atoms with van der Waals surface area (Å²) in [7, 11) is 0.568. The number of hydrogen-bond acceptors (Lipinski definition) is 6. The van der Waals surface area contributed by atoms with Crippen LogP contribution < -0.4 is 5.32 Å². The molecule has 1 saturated carbocycles. The van der Waals surface area contributed by atoms with E-state index in [4.69, 9.17) is 4.74 Å². The molecule has 6 nitrogen and oxygen atoms in total. The number of rotatable bonds is 6. The van der Waals surface area contributed by atoms with E-state index in [0.29, 0.717) is 10.9 Å². The average Bonchev–Trinajstić information content (AvgIpc) is 2.61. The van der Waals surface area contributed by atoms with Crippen LogP contribution in [0.25, 0.3) is 0 Å². The molecular formula is C21H34N2O4S2. The molecule has 0 radical (unpaired) electrons. The molecule has 0 heterocycles. The Morgan fingerprint density at radius 3 is 2.34 bits per heavy atom. The van der Waals surface area contributed by atoms with E-state index in [0.717, 1.165) is 24.2 Å². The van der Waals surface area contributed by atoms with Crippen LogP contribution in [0.4, 0.5) is 4.79 Å². The quantitative estimate of drug-likeness (QED) is 0.675. The van der Waals surface area contributed by atoms with Gasteiger partial charge in [0.15, 0.2) is 9.84 Å². The van der Waals surface area contributed by atoms with Gasteiger partial charge in [0.05, 0.1) is 10.6 Å². The number of thioether (sulfide) groups is 1. The maximum absolute atomic E-state index is 13.1. The Bertz CT molecular complexity index is 786. The van der Waals surface area contributed by atoms with Crippen LogP contribution in [0.2, 0.25) is 0 Å². The number of amides is 1. The highest BCUT2D eigenvalue weighted by atomic mass is 32.2. The fraction of sp³-hybridized carbons (Fsp3) is 0.667. The summed E-state index contributed by atoms with van der Waals surface area (Å²) in [5.74, 6) is -0.162. The minimum atomic E-state index is -3.46. The number of carbonyl (C=O) groups is 1. The maximum Gasteiger partial charge on any atom is 0.407 e. The molecule has 8 heteroatoms. The number of sulfone groups is 1. The minimum Gasteiger partial charge on any atom is -0.444 e. The predicted molar refractivity (Wildman–Crippen MR) is 118 cm³/mol. The lowest BCUT2D eigenvalue weighted by atomic mass is 9.82. The molecule has 1 aromatic carbocycles. The minimum absolute atomic E-state index is 0.0103. The fourth-order valence-electron chi connectivity index (χ4n) is 3.70. The molecule has 0 spiro atoms. The van der Waals surface area contributed by atoms with Gasteiger partial charge in [-0.05, 0) is 90.6 Å². The van der Waals surface area contributed by atoms with E-state index in [1.54, 1.807) is 23.9 Å². The van der Waals surface area contributed by atoms with Crippen LogP contribution in [0.15, 0.2) is 34.1 Å². The lowest BCUT2D eigenvalue weighted by Gasteiger charge is -2.39. The van der Waals surface area contributed by atoms with Gasteiger partial charge in [-0.25, -0.2) is 13.2 Å². The summed E-state index contributed by atoms with van der Waals surface area (Å²) in [6, 6.07) is 7.08. The van der Waals surface area contributed by atoms with Crippen LogP contribution >= 0.6 is 11.8 Å². The van der Waals surface area contributed by atoms with E-state index in [9.17, 15) is 13.2 Å². The van der Waals surface area contributed by atoms with Crippen molar-refractivity contribution in [2.24, 2.45) is 5.92 Å². The molecule has 3 atom stereocenters. The molecule has 1 aromatic rings. The van der Waals surface area contributed by atoms with Crippen LogP contribution in [0.5, 0.6) is 0 Å². The summed E-state index contributed by atoms with van der Waals surface area (Å²) in [6.45, 7) is 5.45. The van der Waals surface area contributed by atoms with E-state index in [1.165, 1.54) is 0 Å². The van der Waals surface area contributed by atoms with Gasteiger partial charge in [0.2, 0.25) is 0 Å². The zero-order chi connectivity index (χ0) is 21.8. The number of nitrogens with one attached hydrogen (secondary N) is 1. The first kappa shape index (κ1) is 24.0. The Morgan fingerprint density at radius 2 is 1.83 bits per heavy atom. The zero-order valence-electron chi connectivity index (χ0n) is 18.3. The first-order valence-corrected chi connectivity index (χ1v) is 12.8. The van der Waals surface area contributed by atoms with Crippen molar-refractivity contribution in [3.63, 3.8) is 0 Å². The van der Waals surface area contributed by atoms with Crippen LogP contribution in [0.3, 0.4) is 0 Å². The number of benzene rings is 1. The SMILES string of the molecule is CSc1ccc(S(=O)(=O)C[C@H]2C[C@@H](N(C)C)CC[C@@H]2NC(=O)OC(C)(C)C)cc1. The van der Waals surface area contributed by atoms with Crippen molar-refractivity contribution in [2.45, 2.75) is 67.5 Å². The van der Waals surface area contributed by atoms with Crippen molar-refractivity contribution in [1.82, 2.24) is 10.2 Å². The van der Waals surface area contributed by atoms with Crippen LogP contribution in [0.1, 0.15) is 40.0 Å². The van der Waals surface area contributed by atoms with Crippen molar-refractivity contribution in [3.05, 3.63) is 24.3 Å². The maximum atomic E-state index is 13.1. The van der Waals surface area contributed by atoms with Gasteiger partial charge in [-0.2, -0.15) is 0 Å². The predicted octanol–water partition coefficient (Wildman–Crippen LogP) is 3.81. The third kappa shape index (κ3) is 7.19. The third-order valence-electron chi connectivity index (χ3n) is 5.24. The third-order valence-corrected chi connectivity index (χ3v) is 7.84. The summed E-state index contributed by atoms with van der Waals surface area (Å²) >= 11 is 1.58. The molecule has 1 N–H and O–H groups in total. The number of nitrogens with zero attached hydrogens (tertiary/aromatic N) is 1. The van der Waals surface area contributed by atoms with E-state index in [1.807, 2.05) is 53.3 Å². The van der Waals surface area contributed by atoms with E-state index < -0.39 is 21.5 Å².